The van der Waals surface area contributed by atoms with Crippen LogP contribution in [0.3, 0.4) is 0 Å². The SMILES string of the molecule is COc1ccc(CN2CCN(C(=O)Cc3nonc3C)CC2=O)cc1. The molecule has 25 heavy (non-hydrogen) atoms. The van der Waals surface area contributed by atoms with Crippen LogP contribution in [0.1, 0.15) is 17.0 Å². The van der Waals surface area contributed by atoms with Crippen molar-refractivity contribution in [1.82, 2.24) is 20.1 Å². The molecule has 0 radical (unpaired) electrons. The Morgan fingerprint density at radius 1 is 1.24 bits per heavy atom. The molecule has 0 aliphatic carbocycles. The van der Waals surface area contributed by atoms with Gasteiger partial charge in [-0.05, 0) is 24.6 Å². The number of amides is 2. The van der Waals surface area contributed by atoms with Crippen molar-refractivity contribution in [3.05, 3.63) is 41.2 Å². The summed E-state index contributed by atoms with van der Waals surface area (Å²) in [4.78, 5) is 28.0. The monoisotopic (exact) mass is 344 g/mol. The molecule has 1 aromatic heterocycles. The smallest absolute Gasteiger partial charge is 0.242 e. The fraction of sp³-hybridized carbons (Fsp3) is 0.412. The van der Waals surface area contributed by atoms with Crippen LogP contribution in [0.4, 0.5) is 0 Å². The third-order valence-corrected chi connectivity index (χ3v) is 4.27. The van der Waals surface area contributed by atoms with Gasteiger partial charge in [0.15, 0.2) is 0 Å². The third kappa shape index (κ3) is 3.96. The number of nitrogens with zero attached hydrogens (tertiary/aromatic N) is 4. The van der Waals surface area contributed by atoms with Gasteiger partial charge in [0.1, 0.15) is 17.1 Å². The summed E-state index contributed by atoms with van der Waals surface area (Å²) < 4.78 is 9.73. The lowest BCUT2D eigenvalue weighted by Gasteiger charge is -2.34. The Morgan fingerprint density at radius 3 is 2.60 bits per heavy atom. The summed E-state index contributed by atoms with van der Waals surface area (Å²) in [5.74, 6) is 0.574. The summed E-state index contributed by atoms with van der Waals surface area (Å²) >= 11 is 0. The van der Waals surface area contributed by atoms with E-state index in [-0.39, 0.29) is 24.8 Å². The number of rotatable bonds is 5. The van der Waals surface area contributed by atoms with Gasteiger partial charge in [-0.25, -0.2) is 4.63 Å². The highest BCUT2D eigenvalue weighted by Gasteiger charge is 2.28. The molecular formula is C17H20N4O4. The van der Waals surface area contributed by atoms with E-state index in [0.717, 1.165) is 11.3 Å². The lowest BCUT2D eigenvalue weighted by Crippen LogP contribution is -2.52. The molecule has 2 amide bonds. The van der Waals surface area contributed by atoms with Crippen molar-refractivity contribution in [3.63, 3.8) is 0 Å². The van der Waals surface area contributed by atoms with E-state index in [4.69, 9.17) is 4.74 Å². The zero-order chi connectivity index (χ0) is 17.8. The summed E-state index contributed by atoms with van der Waals surface area (Å²) in [5.41, 5.74) is 2.13. The molecule has 0 saturated carbocycles. The van der Waals surface area contributed by atoms with Gasteiger partial charge in [0.05, 0.1) is 20.1 Å². The minimum absolute atomic E-state index is 0.0644. The molecule has 8 heteroatoms. The standard InChI is InChI=1S/C17H20N4O4/c1-12-15(19-25-18-12)9-16(22)21-8-7-20(17(23)11-21)10-13-3-5-14(24-2)6-4-13/h3-6H,7-11H2,1-2H3. The molecule has 0 bridgehead atoms. The zero-order valence-corrected chi connectivity index (χ0v) is 14.3. The van der Waals surface area contributed by atoms with Crippen molar-refractivity contribution in [1.29, 1.82) is 0 Å². The number of carbonyl (C=O) groups is 2. The van der Waals surface area contributed by atoms with Crippen LogP contribution in [0.15, 0.2) is 28.9 Å². The summed E-state index contributed by atoms with van der Waals surface area (Å²) in [6.45, 7) is 3.35. The summed E-state index contributed by atoms with van der Waals surface area (Å²) in [6, 6.07) is 7.61. The molecule has 3 rings (SSSR count). The van der Waals surface area contributed by atoms with Crippen molar-refractivity contribution in [2.75, 3.05) is 26.7 Å². The maximum atomic E-state index is 12.4. The van der Waals surface area contributed by atoms with E-state index < -0.39 is 0 Å². The van der Waals surface area contributed by atoms with Gasteiger partial charge < -0.3 is 14.5 Å². The Kier molecular flexibility index (Phi) is 4.97. The number of benzene rings is 1. The number of hydrogen-bond acceptors (Lipinski definition) is 6. The number of piperazine rings is 1. The second-order valence-electron chi connectivity index (χ2n) is 5.95. The molecule has 0 unspecified atom stereocenters. The number of aryl methyl sites for hydroxylation is 1. The summed E-state index contributed by atoms with van der Waals surface area (Å²) in [5, 5.41) is 7.38. The summed E-state index contributed by atoms with van der Waals surface area (Å²) in [7, 11) is 1.62. The van der Waals surface area contributed by atoms with Gasteiger partial charge in [-0.15, -0.1) is 0 Å². The predicted molar refractivity (Wildman–Crippen MR) is 87.7 cm³/mol. The van der Waals surface area contributed by atoms with E-state index in [2.05, 4.69) is 14.9 Å². The minimum Gasteiger partial charge on any atom is -0.497 e. The molecule has 0 atom stereocenters. The van der Waals surface area contributed by atoms with E-state index in [9.17, 15) is 9.59 Å². The van der Waals surface area contributed by atoms with Gasteiger partial charge in [-0.3, -0.25) is 9.59 Å². The van der Waals surface area contributed by atoms with Crippen molar-refractivity contribution < 1.29 is 19.0 Å². The maximum Gasteiger partial charge on any atom is 0.242 e. The normalized spacial score (nSPS) is 14.7. The highest BCUT2D eigenvalue weighted by Crippen LogP contribution is 2.15. The number of aromatic nitrogens is 2. The Hall–Kier alpha value is -2.90. The highest BCUT2D eigenvalue weighted by atomic mass is 16.6. The van der Waals surface area contributed by atoms with E-state index in [1.807, 2.05) is 24.3 Å². The number of hydrogen-bond donors (Lipinski definition) is 0. The zero-order valence-electron chi connectivity index (χ0n) is 14.3. The van der Waals surface area contributed by atoms with Gasteiger partial charge in [0, 0.05) is 19.6 Å². The molecule has 132 valence electrons. The first-order chi connectivity index (χ1) is 12.1. The predicted octanol–water partition coefficient (Wildman–Crippen LogP) is 0.800. The Labute approximate surface area is 145 Å². The van der Waals surface area contributed by atoms with Crippen LogP contribution in [0, 0.1) is 6.92 Å². The molecule has 2 aromatic rings. The molecule has 8 nitrogen and oxygen atoms in total. The molecule has 1 aliphatic rings. The Bertz CT molecular complexity index is 756. The quantitative estimate of drug-likeness (QED) is 0.797. The molecule has 1 aromatic carbocycles. The number of methoxy groups -OCH3 is 1. The molecule has 1 fully saturated rings. The van der Waals surface area contributed by atoms with Crippen LogP contribution in [-0.4, -0.2) is 58.7 Å². The Balaban J connectivity index is 1.55. The highest BCUT2D eigenvalue weighted by molar-refractivity contribution is 5.86. The Morgan fingerprint density at radius 2 is 2.00 bits per heavy atom. The van der Waals surface area contributed by atoms with E-state index >= 15 is 0 Å². The van der Waals surface area contributed by atoms with Crippen molar-refractivity contribution in [2.45, 2.75) is 19.9 Å². The second kappa shape index (κ2) is 7.33. The van der Waals surface area contributed by atoms with Crippen LogP contribution >= 0.6 is 0 Å². The molecular weight excluding hydrogens is 324 g/mol. The van der Waals surface area contributed by atoms with Gasteiger partial charge in [0.2, 0.25) is 11.8 Å². The number of carbonyl (C=O) groups excluding carboxylic acids is 2. The van der Waals surface area contributed by atoms with Crippen molar-refractivity contribution >= 4 is 11.8 Å². The first-order valence-electron chi connectivity index (χ1n) is 8.03. The molecule has 2 heterocycles. The molecule has 0 N–H and O–H groups in total. The van der Waals surface area contributed by atoms with Gasteiger partial charge >= 0.3 is 0 Å². The van der Waals surface area contributed by atoms with Crippen LogP contribution in [-0.2, 0) is 22.6 Å². The average Bonchev–Trinajstić information content (AvgIpc) is 3.02. The molecule has 1 saturated heterocycles. The van der Waals surface area contributed by atoms with Crippen LogP contribution in [0.5, 0.6) is 5.75 Å². The molecule has 1 aliphatic heterocycles. The largest absolute Gasteiger partial charge is 0.497 e. The van der Waals surface area contributed by atoms with Gasteiger partial charge in [-0.1, -0.05) is 22.4 Å². The van der Waals surface area contributed by atoms with Gasteiger partial charge in [0.25, 0.3) is 0 Å². The lowest BCUT2D eigenvalue weighted by molar-refractivity contribution is -0.145. The van der Waals surface area contributed by atoms with Crippen molar-refractivity contribution in [2.24, 2.45) is 0 Å². The first kappa shape index (κ1) is 16.9. The van der Waals surface area contributed by atoms with E-state index in [1.165, 1.54) is 0 Å². The average molecular weight is 344 g/mol. The third-order valence-electron chi connectivity index (χ3n) is 4.27. The van der Waals surface area contributed by atoms with Crippen molar-refractivity contribution in [3.8, 4) is 5.75 Å². The number of ether oxygens (including phenoxy) is 1. The summed E-state index contributed by atoms with van der Waals surface area (Å²) in [6.07, 6.45) is 0.0983. The molecule has 0 spiro atoms. The van der Waals surface area contributed by atoms with Gasteiger partial charge in [-0.2, -0.15) is 0 Å². The fourth-order valence-corrected chi connectivity index (χ4v) is 2.70. The minimum atomic E-state index is -0.142. The van der Waals surface area contributed by atoms with E-state index in [0.29, 0.717) is 31.0 Å². The second-order valence-corrected chi connectivity index (χ2v) is 5.95. The van der Waals surface area contributed by atoms with E-state index in [1.54, 1.807) is 23.8 Å². The first-order valence-corrected chi connectivity index (χ1v) is 8.03. The topological polar surface area (TPSA) is 88.8 Å². The maximum absolute atomic E-state index is 12.4. The lowest BCUT2D eigenvalue weighted by atomic mass is 10.1. The van der Waals surface area contributed by atoms with Crippen LogP contribution in [0.2, 0.25) is 0 Å². The van der Waals surface area contributed by atoms with Crippen LogP contribution < -0.4 is 4.74 Å². The van der Waals surface area contributed by atoms with Crippen LogP contribution in [0.25, 0.3) is 0 Å². The fourth-order valence-electron chi connectivity index (χ4n) is 2.70.